The van der Waals surface area contributed by atoms with Gasteiger partial charge in [0.25, 0.3) is 0 Å². The van der Waals surface area contributed by atoms with Gasteiger partial charge >= 0.3 is 0 Å². The molecule has 0 saturated carbocycles. The van der Waals surface area contributed by atoms with E-state index in [1.54, 1.807) is 24.0 Å². The van der Waals surface area contributed by atoms with E-state index in [1.165, 1.54) is 17.3 Å². The highest BCUT2D eigenvalue weighted by Gasteiger charge is 2.29. The first kappa shape index (κ1) is 23.3. The van der Waals surface area contributed by atoms with Crippen LogP contribution in [0.15, 0.2) is 23.1 Å². The van der Waals surface area contributed by atoms with E-state index >= 15 is 0 Å². The van der Waals surface area contributed by atoms with Gasteiger partial charge in [-0.3, -0.25) is 14.5 Å². The zero-order valence-corrected chi connectivity index (χ0v) is 18.6. The number of rotatable bonds is 7. The van der Waals surface area contributed by atoms with E-state index in [9.17, 15) is 18.0 Å². The number of hydrogen-bond acceptors (Lipinski definition) is 5. The Bertz CT molecular complexity index is 837. The number of hydrogen-bond donors (Lipinski definition) is 1. The highest BCUT2D eigenvalue weighted by molar-refractivity contribution is 7.89. The molecule has 8 nitrogen and oxygen atoms in total. The third-order valence-electron chi connectivity index (χ3n) is 5.15. The van der Waals surface area contributed by atoms with Crippen molar-refractivity contribution in [3.05, 3.63) is 23.8 Å². The van der Waals surface area contributed by atoms with Gasteiger partial charge < -0.3 is 10.2 Å². The quantitative estimate of drug-likeness (QED) is 0.717. The molecule has 2 rings (SSSR count). The maximum Gasteiger partial charge on any atom is 0.243 e. The summed E-state index contributed by atoms with van der Waals surface area (Å²) in [6, 6.07) is 4.91. The van der Waals surface area contributed by atoms with Gasteiger partial charge in [-0.15, -0.1) is 0 Å². The molecule has 0 atom stereocenters. The molecule has 1 aromatic rings. The molecule has 1 N–H and O–H groups in total. The third-order valence-corrected chi connectivity index (χ3v) is 7.19. The SMILES string of the molecule is CCN(CC)C(=O)CN1CCCN(S(=O)(=O)c2cc(NC(C)=O)ccc2C)CC1. The minimum atomic E-state index is -3.69. The lowest BCUT2D eigenvalue weighted by atomic mass is 10.2. The van der Waals surface area contributed by atoms with Crippen molar-refractivity contribution < 1.29 is 18.0 Å². The fraction of sp³-hybridized carbons (Fsp3) is 0.600. The summed E-state index contributed by atoms with van der Waals surface area (Å²) in [7, 11) is -3.69. The number of benzene rings is 1. The molecule has 9 heteroatoms. The van der Waals surface area contributed by atoms with E-state index in [-0.39, 0.29) is 16.7 Å². The predicted octanol–water partition coefficient (Wildman–Crippen LogP) is 1.52. The Morgan fingerprint density at radius 1 is 1.10 bits per heavy atom. The van der Waals surface area contributed by atoms with Gasteiger partial charge in [-0.2, -0.15) is 4.31 Å². The molecule has 1 aliphatic rings. The fourth-order valence-corrected chi connectivity index (χ4v) is 5.23. The maximum absolute atomic E-state index is 13.2. The van der Waals surface area contributed by atoms with Crippen LogP contribution in [0.25, 0.3) is 0 Å². The van der Waals surface area contributed by atoms with Gasteiger partial charge in [0.05, 0.1) is 11.4 Å². The standard InChI is InChI=1S/C20H32N4O4S/c1-5-23(6-2)20(26)15-22-10-7-11-24(13-12-22)29(27,28)19-14-18(21-17(4)25)9-8-16(19)3/h8-9,14H,5-7,10-13,15H2,1-4H3,(H,21,25). The van der Waals surface area contributed by atoms with Crippen molar-refractivity contribution in [2.75, 3.05) is 51.1 Å². The Kier molecular flexibility index (Phi) is 8.18. The highest BCUT2D eigenvalue weighted by atomic mass is 32.2. The minimum Gasteiger partial charge on any atom is -0.342 e. The number of nitrogens with one attached hydrogen (secondary N) is 1. The molecule has 1 aliphatic heterocycles. The molecular formula is C20H32N4O4S. The van der Waals surface area contributed by atoms with Crippen LogP contribution in [0, 0.1) is 6.92 Å². The molecule has 162 valence electrons. The molecule has 0 aromatic heterocycles. The van der Waals surface area contributed by atoms with Gasteiger partial charge in [0.1, 0.15) is 0 Å². The number of sulfonamides is 1. The second-order valence-corrected chi connectivity index (χ2v) is 9.17. The molecular weight excluding hydrogens is 392 g/mol. The lowest BCUT2D eigenvalue weighted by molar-refractivity contribution is -0.132. The summed E-state index contributed by atoms with van der Waals surface area (Å²) >= 11 is 0. The summed E-state index contributed by atoms with van der Waals surface area (Å²) in [6.45, 7) is 10.6. The zero-order chi connectivity index (χ0) is 21.6. The second-order valence-electron chi connectivity index (χ2n) is 7.26. The Labute approximate surface area is 173 Å². The van der Waals surface area contributed by atoms with E-state index in [0.29, 0.717) is 63.5 Å². The van der Waals surface area contributed by atoms with Crippen molar-refractivity contribution in [1.82, 2.24) is 14.1 Å². The summed E-state index contributed by atoms with van der Waals surface area (Å²) in [4.78, 5) is 27.7. The lowest BCUT2D eigenvalue weighted by Gasteiger charge is -2.25. The van der Waals surface area contributed by atoms with Crippen LogP contribution in [0.2, 0.25) is 0 Å². The second kappa shape index (κ2) is 10.2. The van der Waals surface area contributed by atoms with E-state index in [2.05, 4.69) is 5.32 Å². The Hall–Kier alpha value is -1.97. The number of nitrogens with zero attached hydrogens (tertiary/aromatic N) is 3. The molecule has 29 heavy (non-hydrogen) atoms. The van der Waals surface area contributed by atoms with Crippen molar-refractivity contribution in [1.29, 1.82) is 0 Å². The topological polar surface area (TPSA) is 90.0 Å². The summed E-state index contributed by atoms with van der Waals surface area (Å²) in [5, 5.41) is 2.64. The van der Waals surface area contributed by atoms with Gasteiger partial charge in [-0.25, -0.2) is 8.42 Å². The Morgan fingerprint density at radius 3 is 2.41 bits per heavy atom. The zero-order valence-electron chi connectivity index (χ0n) is 17.8. The normalized spacial score (nSPS) is 16.3. The van der Waals surface area contributed by atoms with E-state index in [0.717, 1.165) is 0 Å². The first-order valence-corrected chi connectivity index (χ1v) is 11.5. The number of amides is 2. The molecule has 2 amide bonds. The summed E-state index contributed by atoms with van der Waals surface area (Å²) in [6.07, 6.45) is 0.662. The molecule has 0 radical (unpaired) electrons. The summed E-state index contributed by atoms with van der Waals surface area (Å²) in [5.41, 5.74) is 1.10. The first-order valence-electron chi connectivity index (χ1n) is 10.1. The summed E-state index contributed by atoms with van der Waals surface area (Å²) in [5.74, 6) is -0.175. The van der Waals surface area contributed by atoms with Crippen molar-refractivity contribution in [2.45, 2.75) is 39.0 Å². The van der Waals surface area contributed by atoms with Crippen LogP contribution in [0.4, 0.5) is 5.69 Å². The molecule has 0 unspecified atom stereocenters. The number of likely N-dealkylation sites (N-methyl/N-ethyl adjacent to an activating group) is 1. The molecule has 0 aliphatic carbocycles. The molecule has 1 fully saturated rings. The van der Waals surface area contributed by atoms with Crippen LogP contribution < -0.4 is 5.32 Å². The first-order chi connectivity index (χ1) is 13.7. The number of anilines is 1. The van der Waals surface area contributed by atoms with Crippen LogP contribution in [-0.4, -0.2) is 80.2 Å². The van der Waals surface area contributed by atoms with E-state index in [1.807, 2.05) is 18.7 Å². The average Bonchev–Trinajstić information content (AvgIpc) is 2.90. The smallest absolute Gasteiger partial charge is 0.243 e. The number of carbonyl (C=O) groups is 2. The maximum atomic E-state index is 13.2. The van der Waals surface area contributed by atoms with Crippen LogP contribution in [0.5, 0.6) is 0 Å². The number of aryl methyl sites for hydroxylation is 1. The molecule has 0 spiro atoms. The van der Waals surface area contributed by atoms with Crippen molar-refractivity contribution in [3.8, 4) is 0 Å². The van der Waals surface area contributed by atoms with E-state index in [4.69, 9.17) is 0 Å². The monoisotopic (exact) mass is 424 g/mol. The van der Waals surface area contributed by atoms with Crippen molar-refractivity contribution in [2.24, 2.45) is 0 Å². The Morgan fingerprint density at radius 2 is 1.79 bits per heavy atom. The average molecular weight is 425 g/mol. The van der Waals surface area contributed by atoms with Crippen LogP contribution in [0.1, 0.15) is 32.8 Å². The van der Waals surface area contributed by atoms with Gasteiger partial charge in [0.2, 0.25) is 21.8 Å². The van der Waals surface area contributed by atoms with Gasteiger partial charge in [0.15, 0.2) is 0 Å². The van der Waals surface area contributed by atoms with E-state index < -0.39 is 10.0 Å². The Balaban J connectivity index is 2.13. The van der Waals surface area contributed by atoms with Crippen LogP contribution in [-0.2, 0) is 19.6 Å². The van der Waals surface area contributed by atoms with Crippen molar-refractivity contribution in [3.63, 3.8) is 0 Å². The van der Waals surface area contributed by atoms with Crippen LogP contribution in [0.3, 0.4) is 0 Å². The van der Waals surface area contributed by atoms with Crippen molar-refractivity contribution >= 4 is 27.5 Å². The molecule has 1 aromatic carbocycles. The number of carbonyl (C=O) groups excluding carboxylic acids is 2. The fourth-order valence-electron chi connectivity index (χ4n) is 3.51. The summed E-state index contributed by atoms with van der Waals surface area (Å²) < 4.78 is 28.0. The molecule has 1 saturated heterocycles. The minimum absolute atomic E-state index is 0.0742. The van der Waals surface area contributed by atoms with Gasteiger partial charge in [0, 0.05) is 45.3 Å². The van der Waals surface area contributed by atoms with Crippen LogP contribution >= 0.6 is 0 Å². The lowest BCUT2D eigenvalue weighted by Crippen LogP contribution is -2.42. The largest absolute Gasteiger partial charge is 0.342 e. The third kappa shape index (κ3) is 6.01. The highest BCUT2D eigenvalue weighted by Crippen LogP contribution is 2.24. The van der Waals surface area contributed by atoms with Gasteiger partial charge in [-0.05, 0) is 51.4 Å². The van der Waals surface area contributed by atoms with Gasteiger partial charge in [-0.1, -0.05) is 6.07 Å². The predicted molar refractivity (Wildman–Crippen MR) is 113 cm³/mol. The molecule has 1 heterocycles. The molecule has 0 bridgehead atoms.